The van der Waals surface area contributed by atoms with Gasteiger partial charge in [0.15, 0.2) is 0 Å². The Morgan fingerprint density at radius 1 is 1.35 bits per heavy atom. The summed E-state index contributed by atoms with van der Waals surface area (Å²) < 4.78 is 5.65. The molecular weight excluding hydrogens is 212 g/mol. The van der Waals surface area contributed by atoms with E-state index in [-0.39, 0.29) is 5.41 Å². The minimum absolute atomic E-state index is 0.0371. The maximum Gasteiger partial charge on any atom is 0.219 e. The van der Waals surface area contributed by atoms with Gasteiger partial charge < -0.3 is 9.72 Å². The Balaban J connectivity index is 2.68. The third kappa shape index (κ3) is 2.14. The van der Waals surface area contributed by atoms with Crippen molar-refractivity contribution in [2.75, 3.05) is 6.61 Å². The lowest BCUT2D eigenvalue weighted by Gasteiger charge is -2.21. The van der Waals surface area contributed by atoms with E-state index in [0.29, 0.717) is 6.61 Å². The first-order chi connectivity index (χ1) is 7.93. The summed E-state index contributed by atoms with van der Waals surface area (Å²) in [6.45, 7) is 11.3. The molecule has 3 nitrogen and oxygen atoms in total. The van der Waals surface area contributed by atoms with Gasteiger partial charge in [0.25, 0.3) is 0 Å². The third-order valence-electron chi connectivity index (χ3n) is 2.93. The molecule has 2 aromatic heterocycles. The summed E-state index contributed by atoms with van der Waals surface area (Å²) in [5, 5.41) is 1.18. The van der Waals surface area contributed by atoms with Crippen molar-refractivity contribution in [3.05, 3.63) is 23.4 Å². The maximum atomic E-state index is 5.65. The van der Waals surface area contributed by atoms with Crippen LogP contribution < -0.4 is 4.74 Å². The third-order valence-corrected chi connectivity index (χ3v) is 2.93. The Kier molecular flexibility index (Phi) is 2.86. The number of H-pyrrole nitrogens is 1. The molecule has 2 rings (SSSR count). The van der Waals surface area contributed by atoms with Gasteiger partial charge in [-0.1, -0.05) is 20.8 Å². The van der Waals surface area contributed by atoms with E-state index in [1.54, 1.807) is 0 Å². The number of nitrogens with zero attached hydrogens (tertiary/aromatic N) is 1. The van der Waals surface area contributed by atoms with Crippen molar-refractivity contribution >= 4 is 11.0 Å². The lowest BCUT2D eigenvalue weighted by Crippen LogP contribution is -2.14. The first-order valence-corrected chi connectivity index (χ1v) is 6.05. The van der Waals surface area contributed by atoms with Crippen molar-refractivity contribution in [3.63, 3.8) is 0 Å². The average Bonchev–Trinajstić information content (AvgIpc) is 2.58. The zero-order valence-corrected chi connectivity index (χ0v) is 11.2. The lowest BCUT2D eigenvalue weighted by atomic mass is 9.87. The van der Waals surface area contributed by atoms with E-state index in [1.807, 2.05) is 13.1 Å². The second kappa shape index (κ2) is 4.06. The number of rotatable bonds is 2. The Bertz CT molecular complexity index is 535. The first-order valence-electron chi connectivity index (χ1n) is 6.05. The fourth-order valence-corrected chi connectivity index (χ4v) is 1.95. The number of pyridine rings is 1. The van der Waals surface area contributed by atoms with Gasteiger partial charge in [-0.25, -0.2) is 0 Å². The van der Waals surface area contributed by atoms with Crippen LogP contribution in [0.5, 0.6) is 5.88 Å². The van der Waals surface area contributed by atoms with Crippen LogP contribution in [0.3, 0.4) is 0 Å². The lowest BCUT2D eigenvalue weighted by molar-refractivity contribution is 0.317. The Labute approximate surface area is 102 Å². The molecule has 0 saturated carbocycles. The summed E-state index contributed by atoms with van der Waals surface area (Å²) in [4.78, 5) is 7.75. The zero-order chi connectivity index (χ0) is 12.6. The van der Waals surface area contributed by atoms with Crippen molar-refractivity contribution in [2.45, 2.75) is 40.0 Å². The standard InChI is InChI=1S/C14H20N2O/c1-6-17-13-11(14(3,4)5)7-10-9(2)8-15-12(10)16-13/h7-8H,6H2,1-5H3,(H,15,16). The molecule has 2 aromatic rings. The van der Waals surface area contributed by atoms with Crippen molar-refractivity contribution in [1.29, 1.82) is 0 Å². The summed E-state index contributed by atoms with van der Waals surface area (Å²) in [6, 6.07) is 2.19. The predicted octanol–water partition coefficient (Wildman–Crippen LogP) is 3.57. The molecule has 0 fully saturated rings. The Hall–Kier alpha value is -1.51. The van der Waals surface area contributed by atoms with E-state index >= 15 is 0 Å². The Morgan fingerprint density at radius 2 is 2.06 bits per heavy atom. The fraction of sp³-hybridized carbons (Fsp3) is 0.500. The van der Waals surface area contributed by atoms with Gasteiger partial charge >= 0.3 is 0 Å². The van der Waals surface area contributed by atoms with Gasteiger partial charge in [0.05, 0.1) is 6.61 Å². The first kappa shape index (κ1) is 12.0. The number of aryl methyl sites for hydroxylation is 1. The van der Waals surface area contributed by atoms with E-state index in [1.165, 1.54) is 10.9 Å². The average molecular weight is 232 g/mol. The molecular formula is C14H20N2O. The summed E-state index contributed by atoms with van der Waals surface area (Å²) in [5.41, 5.74) is 3.32. The van der Waals surface area contributed by atoms with Gasteiger partial charge in [-0.05, 0) is 30.9 Å². The van der Waals surface area contributed by atoms with E-state index < -0.39 is 0 Å². The highest BCUT2D eigenvalue weighted by molar-refractivity contribution is 5.81. The summed E-state index contributed by atoms with van der Waals surface area (Å²) in [5.74, 6) is 0.745. The number of fused-ring (bicyclic) bond motifs is 1. The molecule has 3 heteroatoms. The van der Waals surface area contributed by atoms with E-state index in [9.17, 15) is 0 Å². The van der Waals surface area contributed by atoms with Gasteiger partial charge in [0, 0.05) is 17.1 Å². The summed E-state index contributed by atoms with van der Waals surface area (Å²) in [6.07, 6.45) is 1.99. The highest BCUT2D eigenvalue weighted by atomic mass is 16.5. The van der Waals surface area contributed by atoms with Crippen LogP contribution in [0, 0.1) is 6.92 Å². The molecule has 0 aromatic carbocycles. The highest BCUT2D eigenvalue weighted by Gasteiger charge is 2.21. The highest BCUT2D eigenvalue weighted by Crippen LogP contribution is 2.33. The molecule has 0 bridgehead atoms. The quantitative estimate of drug-likeness (QED) is 0.859. The molecule has 0 atom stereocenters. The Morgan fingerprint density at radius 3 is 2.65 bits per heavy atom. The van der Waals surface area contributed by atoms with Crippen molar-refractivity contribution < 1.29 is 4.74 Å². The second-order valence-corrected chi connectivity index (χ2v) is 5.39. The van der Waals surface area contributed by atoms with Crippen LogP contribution in [0.4, 0.5) is 0 Å². The van der Waals surface area contributed by atoms with Gasteiger partial charge in [-0.2, -0.15) is 4.98 Å². The van der Waals surface area contributed by atoms with E-state index in [4.69, 9.17) is 4.74 Å². The SMILES string of the molecule is CCOc1nc2[nH]cc(C)c2cc1C(C)(C)C. The number of hydrogen-bond donors (Lipinski definition) is 1. The fourth-order valence-electron chi connectivity index (χ4n) is 1.95. The van der Waals surface area contributed by atoms with Crippen LogP contribution in [0.25, 0.3) is 11.0 Å². The number of aromatic amines is 1. The van der Waals surface area contributed by atoms with Crippen LogP contribution in [-0.4, -0.2) is 16.6 Å². The van der Waals surface area contributed by atoms with Crippen LogP contribution in [0.2, 0.25) is 0 Å². The molecule has 92 valence electrons. The maximum absolute atomic E-state index is 5.65. The summed E-state index contributed by atoms with van der Waals surface area (Å²) >= 11 is 0. The van der Waals surface area contributed by atoms with Crippen LogP contribution in [0.1, 0.15) is 38.8 Å². The van der Waals surface area contributed by atoms with Crippen LogP contribution in [-0.2, 0) is 5.41 Å². The van der Waals surface area contributed by atoms with E-state index in [2.05, 4.69) is 43.7 Å². The van der Waals surface area contributed by atoms with Gasteiger partial charge in [-0.3, -0.25) is 0 Å². The number of nitrogens with one attached hydrogen (secondary N) is 1. The van der Waals surface area contributed by atoms with Crippen molar-refractivity contribution in [1.82, 2.24) is 9.97 Å². The molecule has 17 heavy (non-hydrogen) atoms. The van der Waals surface area contributed by atoms with Crippen LogP contribution >= 0.6 is 0 Å². The molecule has 0 aliphatic heterocycles. The monoisotopic (exact) mass is 232 g/mol. The molecule has 0 spiro atoms. The largest absolute Gasteiger partial charge is 0.478 e. The number of hydrogen-bond acceptors (Lipinski definition) is 2. The van der Waals surface area contributed by atoms with Crippen molar-refractivity contribution in [2.24, 2.45) is 0 Å². The summed E-state index contributed by atoms with van der Waals surface area (Å²) in [7, 11) is 0. The molecule has 1 N–H and O–H groups in total. The normalized spacial score (nSPS) is 12.1. The molecule has 0 aliphatic rings. The van der Waals surface area contributed by atoms with Gasteiger partial charge in [0.1, 0.15) is 5.65 Å². The van der Waals surface area contributed by atoms with Gasteiger partial charge in [0.2, 0.25) is 5.88 Å². The molecule has 0 aliphatic carbocycles. The smallest absolute Gasteiger partial charge is 0.219 e. The number of aromatic nitrogens is 2. The molecule has 0 radical (unpaired) electrons. The molecule has 0 saturated heterocycles. The minimum atomic E-state index is 0.0371. The second-order valence-electron chi connectivity index (χ2n) is 5.39. The molecule has 0 amide bonds. The van der Waals surface area contributed by atoms with Crippen molar-refractivity contribution in [3.8, 4) is 5.88 Å². The minimum Gasteiger partial charge on any atom is -0.478 e. The van der Waals surface area contributed by atoms with E-state index in [0.717, 1.165) is 17.1 Å². The molecule has 0 unspecified atom stereocenters. The molecule has 2 heterocycles. The number of ether oxygens (including phenoxy) is 1. The van der Waals surface area contributed by atoms with Crippen LogP contribution in [0.15, 0.2) is 12.3 Å². The zero-order valence-electron chi connectivity index (χ0n) is 11.2. The topological polar surface area (TPSA) is 37.9 Å². The van der Waals surface area contributed by atoms with Gasteiger partial charge in [-0.15, -0.1) is 0 Å². The predicted molar refractivity (Wildman–Crippen MR) is 70.7 cm³/mol.